The van der Waals surface area contributed by atoms with Gasteiger partial charge in [-0.25, -0.2) is 9.18 Å². The lowest BCUT2D eigenvalue weighted by Crippen LogP contribution is -2.64. The van der Waals surface area contributed by atoms with Gasteiger partial charge < -0.3 is 15.0 Å². The molecule has 5 aliphatic rings. The highest BCUT2D eigenvalue weighted by molar-refractivity contribution is 5.79. The number of benzene rings is 1. The van der Waals surface area contributed by atoms with Gasteiger partial charge in [-0.3, -0.25) is 4.79 Å². The van der Waals surface area contributed by atoms with Crippen LogP contribution in [0, 0.1) is 29.0 Å². The smallest absolute Gasteiger partial charge is 0.407 e. The van der Waals surface area contributed by atoms with Crippen LogP contribution in [0.5, 0.6) is 0 Å². The van der Waals surface area contributed by atoms with Crippen LogP contribution in [0.15, 0.2) is 24.3 Å². The molecule has 4 saturated carbocycles. The number of likely N-dealkylation sites (tertiary alicyclic amines) is 1. The first-order chi connectivity index (χ1) is 14.3. The molecule has 6 heteroatoms. The van der Waals surface area contributed by atoms with E-state index in [1.165, 1.54) is 26.4 Å². The predicted molar refractivity (Wildman–Crippen MR) is 110 cm³/mol. The summed E-state index contributed by atoms with van der Waals surface area (Å²) in [5.41, 5.74) is 1.34. The van der Waals surface area contributed by atoms with Crippen molar-refractivity contribution in [2.75, 3.05) is 20.2 Å². The van der Waals surface area contributed by atoms with Crippen LogP contribution in [0.4, 0.5) is 9.18 Å². The summed E-state index contributed by atoms with van der Waals surface area (Å²) in [5.74, 6) is 1.66. The van der Waals surface area contributed by atoms with Gasteiger partial charge in [-0.2, -0.15) is 0 Å². The molecular weight excluding hydrogens is 383 g/mol. The first kappa shape index (κ1) is 19.8. The van der Waals surface area contributed by atoms with Gasteiger partial charge in [-0.1, -0.05) is 19.1 Å². The van der Waals surface area contributed by atoms with Crippen molar-refractivity contribution in [2.45, 2.75) is 56.9 Å². The molecule has 2 amide bonds. The van der Waals surface area contributed by atoms with Gasteiger partial charge in [0.1, 0.15) is 5.82 Å². The minimum atomic E-state index is -0.454. The average Bonchev–Trinajstić information content (AvgIpc) is 2.66. The van der Waals surface area contributed by atoms with Gasteiger partial charge in [-0.15, -0.1) is 0 Å². The van der Waals surface area contributed by atoms with Crippen LogP contribution in [-0.4, -0.2) is 43.1 Å². The summed E-state index contributed by atoms with van der Waals surface area (Å²) in [4.78, 5) is 26.6. The minimum Gasteiger partial charge on any atom is -0.453 e. The zero-order chi connectivity index (χ0) is 21.1. The highest BCUT2D eigenvalue weighted by atomic mass is 19.1. The number of ether oxygens (including phenoxy) is 1. The van der Waals surface area contributed by atoms with Crippen LogP contribution in [0.25, 0.3) is 0 Å². The predicted octanol–water partition coefficient (Wildman–Crippen LogP) is 3.87. The second-order valence-corrected chi connectivity index (χ2v) is 10.5. The topological polar surface area (TPSA) is 58.6 Å². The normalized spacial score (nSPS) is 37.0. The van der Waals surface area contributed by atoms with Crippen LogP contribution in [0.2, 0.25) is 0 Å². The number of halogens is 1. The lowest BCUT2D eigenvalue weighted by Gasteiger charge is -2.65. The van der Waals surface area contributed by atoms with Crippen molar-refractivity contribution in [3.63, 3.8) is 0 Å². The van der Waals surface area contributed by atoms with E-state index in [4.69, 9.17) is 0 Å². The lowest BCUT2D eigenvalue weighted by atomic mass is 9.39. The Kier molecular flexibility index (Phi) is 4.60. The van der Waals surface area contributed by atoms with Crippen molar-refractivity contribution in [3.05, 3.63) is 35.6 Å². The molecule has 1 N–H and O–H groups in total. The van der Waals surface area contributed by atoms with Crippen LogP contribution in [0.3, 0.4) is 0 Å². The molecule has 1 aromatic rings. The Morgan fingerprint density at radius 2 is 1.77 bits per heavy atom. The number of carbonyl (C=O) groups is 2. The molecule has 30 heavy (non-hydrogen) atoms. The quantitative estimate of drug-likeness (QED) is 0.814. The fourth-order valence-corrected chi connectivity index (χ4v) is 7.47. The van der Waals surface area contributed by atoms with Gasteiger partial charge in [0, 0.05) is 24.9 Å². The molecule has 5 fully saturated rings. The third-order valence-electron chi connectivity index (χ3n) is 8.52. The number of amides is 2. The third-order valence-corrected chi connectivity index (χ3v) is 8.52. The zero-order valence-electron chi connectivity index (χ0n) is 17.8. The maximum Gasteiger partial charge on any atom is 0.407 e. The van der Waals surface area contributed by atoms with E-state index in [1.54, 1.807) is 12.1 Å². The monoisotopic (exact) mass is 414 g/mol. The Bertz CT molecular complexity index is 833. The van der Waals surface area contributed by atoms with Crippen molar-refractivity contribution >= 4 is 12.0 Å². The first-order valence-electron chi connectivity index (χ1n) is 11.2. The molecule has 0 spiro atoms. The number of alkyl carbamates (subject to hydrolysis) is 1. The summed E-state index contributed by atoms with van der Waals surface area (Å²) < 4.78 is 18.4. The Balaban J connectivity index is 1.39. The third kappa shape index (κ3) is 3.10. The van der Waals surface area contributed by atoms with E-state index in [9.17, 15) is 14.0 Å². The fourth-order valence-electron chi connectivity index (χ4n) is 7.47. The van der Waals surface area contributed by atoms with E-state index in [2.05, 4.69) is 17.0 Å². The zero-order valence-corrected chi connectivity index (χ0v) is 17.8. The van der Waals surface area contributed by atoms with Crippen LogP contribution >= 0.6 is 0 Å². The number of nitrogens with zero attached hydrogens (tertiary/aromatic N) is 1. The van der Waals surface area contributed by atoms with Crippen molar-refractivity contribution in [2.24, 2.45) is 23.2 Å². The van der Waals surface area contributed by atoms with Crippen molar-refractivity contribution in [1.82, 2.24) is 10.2 Å². The Morgan fingerprint density at radius 3 is 2.33 bits per heavy atom. The molecule has 1 heterocycles. The molecule has 0 aromatic heterocycles. The average molecular weight is 415 g/mol. The molecule has 1 aromatic carbocycles. The number of methoxy groups -OCH3 is 1. The van der Waals surface area contributed by atoms with Crippen LogP contribution in [-0.2, 0) is 14.9 Å². The molecule has 1 saturated heterocycles. The SMILES string of the molecule is COC(=O)NC1CN(C(=O)C[C@]2(c3ccc(F)cc3)C3CC4CC2C[C@@](C)(C4)C3)C1. The Morgan fingerprint density at radius 1 is 1.13 bits per heavy atom. The summed E-state index contributed by atoms with van der Waals surface area (Å²) in [6.45, 7) is 3.49. The standard InChI is InChI=1S/C24H31FN2O3/c1-23-9-15-7-17(10-23)24(18(8-15)11-23,16-3-5-19(25)6-4-16)12-21(28)27-13-20(14-27)26-22(29)30-2/h3-6,15,17-18,20H,7-14H2,1-2H3,(H,26,29)/t15?,17?,18?,23-,24-. The second-order valence-electron chi connectivity index (χ2n) is 10.5. The molecule has 4 bridgehead atoms. The van der Waals surface area contributed by atoms with E-state index in [0.29, 0.717) is 36.8 Å². The maximum absolute atomic E-state index is 13.7. The van der Waals surface area contributed by atoms with Gasteiger partial charge in [0.15, 0.2) is 0 Å². The van der Waals surface area contributed by atoms with Crippen LogP contribution < -0.4 is 5.32 Å². The van der Waals surface area contributed by atoms with Gasteiger partial charge in [-0.05, 0) is 73.0 Å². The summed E-state index contributed by atoms with van der Waals surface area (Å²) >= 11 is 0. The molecule has 2 unspecified atom stereocenters. The second kappa shape index (κ2) is 6.96. The van der Waals surface area contributed by atoms with E-state index >= 15 is 0 Å². The largest absolute Gasteiger partial charge is 0.453 e. The number of carbonyl (C=O) groups excluding carboxylic acids is 2. The molecular formula is C24H31FN2O3. The number of rotatable bonds is 4. The number of hydrogen-bond donors (Lipinski definition) is 1. The van der Waals surface area contributed by atoms with Crippen molar-refractivity contribution in [1.29, 1.82) is 0 Å². The van der Waals surface area contributed by atoms with E-state index in [1.807, 2.05) is 17.0 Å². The minimum absolute atomic E-state index is 0.0411. The summed E-state index contributed by atoms with van der Waals surface area (Å²) in [5, 5.41) is 2.76. The van der Waals surface area contributed by atoms with Gasteiger partial charge in [0.25, 0.3) is 0 Å². The van der Waals surface area contributed by atoms with E-state index in [0.717, 1.165) is 24.3 Å². The highest BCUT2D eigenvalue weighted by Crippen LogP contribution is 2.68. The van der Waals surface area contributed by atoms with Crippen molar-refractivity contribution in [3.8, 4) is 0 Å². The van der Waals surface area contributed by atoms with Crippen molar-refractivity contribution < 1.29 is 18.7 Å². The van der Waals surface area contributed by atoms with E-state index in [-0.39, 0.29) is 23.2 Å². The maximum atomic E-state index is 13.7. The molecule has 1 aliphatic heterocycles. The molecule has 162 valence electrons. The van der Waals surface area contributed by atoms with Gasteiger partial charge in [0.2, 0.25) is 5.91 Å². The summed E-state index contributed by atoms with van der Waals surface area (Å²) in [7, 11) is 1.34. The summed E-state index contributed by atoms with van der Waals surface area (Å²) in [6, 6.07) is 6.90. The number of nitrogens with one attached hydrogen (secondary N) is 1. The number of hydrogen-bond acceptors (Lipinski definition) is 3. The Labute approximate surface area is 177 Å². The highest BCUT2D eigenvalue weighted by Gasteiger charge is 2.62. The molecule has 5 nitrogen and oxygen atoms in total. The van der Waals surface area contributed by atoms with Crippen LogP contribution in [0.1, 0.15) is 51.0 Å². The fraction of sp³-hybridized carbons (Fsp3) is 0.667. The Hall–Kier alpha value is -2.11. The molecule has 0 radical (unpaired) electrons. The van der Waals surface area contributed by atoms with Gasteiger partial charge in [0.05, 0.1) is 13.2 Å². The molecule has 2 atom stereocenters. The van der Waals surface area contributed by atoms with Gasteiger partial charge >= 0.3 is 6.09 Å². The molecule has 6 rings (SSSR count). The van der Waals surface area contributed by atoms with E-state index < -0.39 is 6.09 Å². The first-order valence-corrected chi connectivity index (χ1v) is 11.2. The summed E-state index contributed by atoms with van der Waals surface area (Å²) in [6.07, 6.45) is 6.05. The lowest BCUT2D eigenvalue weighted by molar-refractivity contribution is -0.148. The molecule has 4 aliphatic carbocycles.